The van der Waals surface area contributed by atoms with Crippen molar-refractivity contribution in [2.75, 3.05) is 21.3 Å². The third kappa shape index (κ3) is 5.96. The number of nitrogens with two attached hydrogens (primary N) is 1. The fourth-order valence-electron chi connectivity index (χ4n) is 5.21. The standard InChI is InChI=1S/C34H32N4O6/c1-36(33(35)41)29(39)18-25-14-15-28(32(40)24-12-8-5-9-13-24)31-30(25)37(20-22-10-6-4-7-11-22)34(42)38(31)21-23-16-26(43-2)19-27(17-23)44-3/h4-17,19H,18,20-21H2,1-3H3,(H2,35,41). The normalized spacial score (nSPS) is 10.9. The molecule has 0 aliphatic heterocycles. The Morgan fingerprint density at radius 1 is 0.750 bits per heavy atom. The van der Waals surface area contributed by atoms with Crippen LogP contribution in [0, 0.1) is 0 Å². The predicted octanol–water partition coefficient (Wildman–Crippen LogP) is 4.23. The third-order valence-electron chi connectivity index (χ3n) is 7.50. The van der Waals surface area contributed by atoms with Crippen LogP contribution in [0.25, 0.3) is 11.0 Å². The van der Waals surface area contributed by atoms with Crippen LogP contribution in [0.5, 0.6) is 11.5 Å². The van der Waals surface area contributed by atoms with E-state index < -0.39 is 11.9 Å². The van der Waals surface area contributed by atoms with E-state index in [1.807, 2.05) is 36.4 Å². The summed E-state index contributed by atoms with van der Waals surface area (Å²) in [5.41, 5.74) is 8.54. The highest BCUT2D eigenvalue weighted by Crippen LogP contribution is 2.29. The summed E-state index contributed by atoms with van der Waals surface area (Å²) in [5, 5.41) is 0. The third-order valence-corrected chi connectivity index (χ3v) is 7.50. The number of carbonyl (C=O) groups is 3. The minimum atomic E-state index is -0.895. The summed E-state index contributed by atoms with van der Waals surface area (Å²) >= 11 is 0. The van der Waals surface area contributed by atoms with E-state index in [1.165, 1.54) is 11.6 Å². The summed E-state index contributed by atoms with van der Waals surface area (Å²) in [5.74, 6) is 0.255. The number of likely N-dealkylation sites (N-methyl/N-ethyl adjacent to an activating group) is 1. The molecule has 44 heavy (non-hydrogen) atoms. The van der Waals surface area contributed by atoms with Gasteiger partial charge in [0.05, 0.1) is 44.8 Å². The van der Waals surface area contributed by atoms with Gasteiger partial charge in [-0.3, -0.25) is 23.6 Å². The molecule has 0 radical (unpaired) electrons. The van der Waals surface area contributed by atoms with Gasteiger partial charge >= 0.3 is 11.7 Å². The van der Waals surface area contributed by atoms with Gasteiger partial charge in [0.15, 0.2) is 5.78 Å². The molecule has 0 saturated carbocycles. The Morgan fingerprint density at radius 2 is 1.32 bits per heavy atom. The van der Waals surface area contributed by atoms with Crippen LogP contribution in [0.15, 0.2) is 95.8 Å². The van der Waals surface area contributed by atoms with E-state index in [-0.39, 0.29) is 31.0 Å². The number of ketones is 1. The number of methoxy groups -OCH3 is 2. The Morgan fingerprint density at radius 3 is 1.91 bits per heavy atom. The number of nitrogens with zero attached hydrogens (tertiary/aromatic N) is 3. The number of carbonyl (C=O) groups excluding carboxylic acids is 3. The van der Waals surface area contributed by atoms with Crippen molar-refractivity contribution in [3.8, 4) is 11.5 Å². The topological polar surface area (TPSA) is 126 Å². The lowest BCUT2D eigenvalue weighted by molar-refractivity contribution is -0.126. The fraction of sp³-hybridized carbons (Fsp3) is 0.176. The molecule has 0 atom stereocenters. The fourth-order valence-corrected chi connectivity index (χ4v) is 5.21. The Hall–Kier alpha value is -5.64. The zero-order valence-corrected chi connectivity index (χ0v) is 24.7. The van der Waals surface area contributed by atoms with Crippen molar-refractivity contribution in [3.63, 3.8) is 0 Å². The van der Waals surface area contributed by atoms with Crippen LogP contribution in [0.1, 0.15) is 32.6 Å². The molecule has 1 aromatic heterocycles. The number of imide groups is 1. The number of amides is 3. The predicted molar refractivity (Wildman–Crippen MR) is 166 cm³/mol. The van der Waals surface area contributed by atoms with Crippen molar-refractivity contribution in [2.45, 2.75) is 19.5 Å². The van der Waals surface area contributed by atoms with Crippen molar-refractivity contribution in [3.05, 3.63) is 129 Å². The molecule has 0 aliphatic rings. The van der Waals surface area contributed by atoms with Gasteiger partial charge in [-0.25, -0.2) is 9.59 Å². The molecule has 10 nitrogen and oxygen atoms in total. The van der Waals surface area contributed by atoms with Gasteiger partial charge in [-0.15, -0.1) is 0 Å². The highest BCUT2D eigenvalue weighted by molar-refractivity contribution is 6.16. The molecule has 3 amide bonds. The van der Waals surface area contributed by atoms with Crippen molar-refractivity contribution >= 4 is 28.8 Å². The summed E-state index contributed by atoms with van der Waals surface area (Å²) < 4.78 is 14.0. The van der Waals surface area contributed by atoms with Gasteiger partial charge in [0.25, 0.3) is 0 Å². The van der Waals surface area contributed by atoms with Crippen molar-refractivity contribution in [1.82, 2.24) is 14.0 Å². The van der Waals surface area contributed by atoms with Crippen molar-refractivity contribution in [2.24, 2.45) is 5.73 Å². The van der Waals surface area contributed by atoms with Gasteiger partial charge in [-0.1, -0.05) is 66.7 Å². The summed E-state index contributed by atoms with van der Waals surface area (Å²) in [6.45, 7) is 0.263. The molecule has 2 N–H and O–H groups in total. The van der Waals surface area contributed by atoms with Crippen LogP contribution in [0.3, 0.4) is 0 Å². The molecular weight excluding hydrogens is 560 g/mol. The molecular formula is C34H32N4O6. The van der Waals surface area contributed by atoms with E-state index >= 15 is 0 Å². The first-order chi connectivity index (χ1) is 21.2. The number of primary amides is 1. The molecule has 0 spiro atoms. The van der Waals surface area contributed by atoms with Crippen LogP contribution in [-0.2, 0) is 24.3 Å². The number of ether oxygens (including phenoxy) is 2. The van der Waals surface area contributed by atoms with Crippen molar-refractivity contribution in [1.29, 1.82) is 0 Å². The maximum absolute atomic E-state index is 14.4. The lowest BCUT2D eigenvalue weighted by atomic mass is 9.98. The largest absolute Gasteiger partial charge is 0.497 e. The number of aromatic nitrogens is 2. The maximum Gasteiger partial charge on any atom is 0.329 e. The number of fused-ring (bicyclic) bond motifs is 1. The molecule has 4 aromatic carbocycles. The zero-order valence-electron chi connectivity index (χ0n) is 24.7. The monoisotopic (exact) mass is 592 g/mol. The summed E-state index contributed by atoms with van der Waals surface area (Å²) in [6.07, 6.45) is -0.221. The smallest absolute Gasteiger partial charge is 0.329 e. The molecule has 0 saturated heterocycles. The summed E-state index contributed by atoms with van der Waals surface area (Å²) in [6, 6.07) is 25.9. The first kappa shape index (κ1) is 29.8. The van der Waals surface area contributed by atoms with E-state index in [1.54, 1.807) is 73.4 Å². The zero-order chi connectivity index (χ0) is 31.4. The number of imidazole rings is 1. The SMILES string of the molecule is COc1cc(Cn2c(=O)n(Cc3ccccc3)c3c(CC(=O)N(C)C(N)=O)ccc(C(=O)c4ccccc4)c32)cc(OC)c1. The molecule has 0 unspecified atom stereocenters. The number of benzene rings is 4. The van der Waals surface area contributed by atoms with Gasteiger partial charge in [0.2, 0.25) is 5.91 Å². The molecule has 0 bridgehead atoms. The maximum atomic E-state index is 14.4. The molecule has 224 valence electrons. The molecule has 5 rings (SSSR count). The molecule has 5 aromatic rings. The Bertz CT molecular complexity index is 1890. The Kier molecular flexibility index (Phi) is 8.61. The van der Waals surface area contributed by atoms with E-state index in [2.05, 4.69) is 0 Å². The van der Waals surface area contributed by atoms with Gasteiger partial charge in [-0.2, -0.15) is 0 Å². The highest BCUT2D eigenvalue weighted by Gasteiger charge is 2.26. The van der Waals surface area contributed by atoms with Gasteiger partial charge in [-0.05, 0) is 34.9 Å². The van der Waals surface area contributed by atoms with Crippen LogP contribution in [-0.4, -0.2) is 53.0 Å². The van der Waals surface area contributed by atoms with Crippen LogP contribution < -0.4 is 20.9 Å². The second-order valence-electron chi connectivity index (χ2n) is 10.3. The van der Waals surface area contributed by atoms with Crippen LogP contribution in [0.4, 0.5) is 4.79 Å². The molecule has 0 fully saturated rings. The molecule has 1 heterocycles. The first-order valence-corrected chi connectivity index (χ1v) is 13.9. The van der Waals surface area contributed by atoms with E-state index in [9.17, 15) is 19.2 Å². The van der Waals surface area contributed by atoms with Crippen molar-refractivity contribution < 1.29 is 23.9 Å². The van der Waals surface area contributed by atoms with Gasteiger partial charge in [0.1, 0.15) is 11.5 Å². The average Bonchev–Trinajstić information content (AvgIpc) is 3.31. The number of rotatable bonds is 10. The van der Waals surface area contributed by atoms with Crippen LogP contribution in [0.2, 0.25) is 0 Å². The molecule has 10 heteroatoms. The highest BCUT2D eigenvalue weighted by atomic mass is 16.5. The van der Waals surface area contributed by atoms with Gasteiger partial charge in [0, 0.05) is 24.2 Å². The number of urea groups is 1. The molecule has 0 aliphatic carbocycles. The number of hydrogen-bond donors (Lipinski definition) is 1. The van der Waals surface area contributed by atoms with Crippen LogP contribution >= 0.6 is 0 Å². The second-order valence-corrected chi connectivity index (χ2v) is 10.3. The minimum Gasteiger partial charge on any atom is -0.497 e. The Labute approximate surface area is 253 Å². The quantitative estimate of drug-likeness (QED) is 0.242. The lowest BCUT2D eigenvalue weighted by Gasteiger charge is -2.15. The van der Waals surface area contributed by atoms with E-state index in [0.717, 1.165) is 10.5 Å². The summed E-state index contributed by atoms with van der Waals surface area (Å²) in [7, 11) is 4.38. The lowest BCUT2D eigenvalue weighted by Crippen LogP contribution is -2.38. The van der Waals surface area contributed by atoms with E-state index in [0.29, 0.717) is 44.8 Å². The summed E-state index contributed by atoms with van der Waals surface area (Å²) in [4.78, 5) is 54.0. The second kappa shape index (κ2) is 12.7. The van der Waals surface area contributed by atoms with Gasteiger partial charge < -0.3 is 15.2 Å². The number of hydrogen-bond acceptors (Lipinski definition) is 6. The van der Waals surface area contributed by atoms with E-state index in [4.69, 9.17) is 15.2 Å². The first-order valence-electron chi connectivity index (χ1n) is 13.9. The minimum absolute atomic E-state index is 0.0817. The Balaban J connectivity index is 1.81. The average molecular weight is 593 g/mol.